The number of hydrogen-bond acceptors (Lipinski definition) is 7. The van der Waals surface area contributed by atoms with Crippen molar-refractivity contribution >= 4 is 23.4 Å². The lowest BCUT2D eigenvalue weighted by Crippen LogP contribution is -2.51. The molecule has 1 fully saturated rings. The van der Waals surface area contributed by atoms with E-state index in [1.54, 1.807) is 36.4 Å². The van der Waals surface area contributed by atoms with E-state index >= 15 is 0 Å². The Bertz CT molecular complexity index is 1390. The minimum absolute atomic E-state index is 0.143. The van der Waals surface area contributed by atoms with Crippen LogP contribution < -0.4 is 4.90 Å². The van der Waals surface area contributed by atoms with Crippen LogP contribution in [0.4, 0.5) is 16.2 Å². The number of hydrogen-bond donors (Lipinski definition) is 0. The van der Waals surface area contributed by atoms with E-state index in [2.05, 4.69) is 23.7 Å². The van der Waals surface area contributed by atoms with E-state index in [-0.39, 0.29) is 17.9 Å². The first kappa shape index (κ1) is 22.2. The van der Waals surface area contributed by atoms with Crippen molar-refractivity contribution < 1.29 is 28.7 Å². The van der Waals surface area contributed by atoms with Gasteiger partial charge in [-0.05, 0) is 24.3 Å². The van der Waals surface area contributed by atoms with Gasteiger partial charge in [-0.2, -0.15) is 0 Å². The highest BCUT2D eigenvalue weighted by Crippen LogP contribution is 2.59. The van der Waals surface area contributed by atoms with Gasteiger partial charge < -0.3 is 14.2 Å². The summed E-state index contributed by atoms with van der Waals surface area (Å²) in [5.74, 6) is 11.2. The highest BCUT2D eigenvalue weighted by Gasteiger charge is 2.72. The lowest BCUT2D eigenvalue weighted by molar-refractivity contribution is -0.385. The summed E-state index contributed by atoms with van der Waals surface area (Å²) in [6.07, 6.45) is 0.777. The molecule has 174 valence electrons. The molecule has 2 aromatic carbocycles. The Morgan fingerprint density at radius 1 is 1.11 bits per heavy atom. The predicted octanol–water partition coefficient (Wildman–Crippen LogP) is 3.22. The largest absolute Gasteiger partial charge is 0.446 e. The molecule has 0 radical (unpaired) electrons. The van der Waals surface area contributed by atoms with E-state index in [9.17, 15) is 19.7 Å². The summed E-state index contributed by atoms with van der Waals surface area (Å²) in [7, 11) is 0. The van der Waals surface area contributed by atoms with Gasteiger partial charge in [-0.1, -0.05) is 54.0 Å². The zero-order chi connectivity index (χ0) is 24.6. The molecule has 9 nitrogen and oxygen atoms in total. The summed E-state index contributed by atoms with van der Waals surface area (Å²) >= 11 is 0. The van der Waals surface area contributed by atoms with Crippen LogP contribution in [0.25, 0.3) is 0 Å². The van der Waals surface area contributed by atoms with Crippen LogP contribution in [0.15, 0.2) is 60.7 Å². The number of para-hydroxylation sites is 2. The summed E-state index contributed by atoms with van der Waals surface area (Å²) in [6.45, 7) is 0.996. The number of nitro groups is 1. The van der Waals surface area contributed by atoms with E-state index in [0.29, 0.717) is 11.3 Å². The molecule has 1 saturated heterocycles. The molecule has 0 unspecified atom stereocenters. The number of nitrogens with zero attached hydrogens (tertiary/aromatic N) is 2. The maximum Gasteiger partial charge on any atom is 0.415 e. The number of benzene rings is 2. The van der Waals surface area contributed by atoms with Gasteiger partial charge in [-0.15, -0.1) is 0 Å². The van der Waals surface area contributed by atoms with Crippen LogP contribution in [-0.2, 0) is 31.2 Å². The van der Waals surface area contributed by atoms with Crippen molar-refractivity contribution in [2.45, 2.75) is 37.4 Å². The lowest BCUT2D eigenvalue weighted by atomic mass is 9.81. The number of carbonyl (C=O) groups excluding carboxylic acids is 2. The van der Waals surface area contributed by atoms with E-state index in [4.69, 9.17) is 14.2 Å². The van der Waals surface area contributed by atoms with E-state index in [0.717, 1.165) is 0 Å². The van der Waals surface area contributed by atoms with E-state index in [1.165, 1.54) is 36.1 Å². The Hall–Kier alpha value is -4.60. The fourth-order valence-corrected chi connectivity index (χ4v) is 4.45. The van der Waals surface area contributed by atoms with Crippen LogP contribution in [0.5, 0.6) is 0 Å². The number of nitro benzene ring substituents is 1. The lowest BCUT2D eigenvalue weighted by Gasteiger charge is -2.36. The molecular formula is C26H18N2O7. The third kappa shape index (κ3) is 3.78. The molecule has 0 N–H and O–H groups in total. The molecule has 0 spiro atoms. The zero-order valence-electron chi connectivity index (χ0n) is 18.5. The highest BCUT2D eigenvalue weighted by atomic mass is 16.7. The first-order valence-electron chi connectivity index (χ1n) is 10.7. The zero-order valence-corrected chi connectivity index (χ0v) is 18.5. The molecule has 5 rings (SSSR count). The molecule has 4 atom stereocenters. The van der Waals surface area contributed by atoms with Gasteiger partial charge in [0.1, 0.15) is 18.8 Å². The van der Waals surface area contributed by atoms with Gasteiger partial charge >= 0.3 is 12.1 Å². The third-order valence-corrected chi connectivity index (χ3v) is 5.94. The first-order valence-corrected chi connectivity index (χ1v) is 10.7. The van der Waals surface area contributed by atoms with Crippen molar-refractivity contribution in [2.24, 2.45) is 0 Å². The molecular weight excluding hydrogens is 452 g/mol. The van der Waals surface area contributed by atoms with Gasteiger partial charge in [-0.3, -0.25) is 19.8 Å². The molecule has 1 amide bonds. The summed E-state index contributed by atoms with van der Waals surface area (Å²) in [5, 5.41) is 11.3. The normalized spacial score (nSPS) is 25.7. The second-order valence-electron chi connectivity index (χ2n) is 8.00. The van der Waals surface area contributed by atoms with Gasteiger partial charge in [-0.25, -0.2) is 4.79 Å². The second-order valence-corrected chi connectivity index (χ2v) is 8.00. The molecule has 2 heterocycles. The van der Waals surface area contributed by atoms with Gasteiger partial charge in [0.15, 0.2) is 11.7 Å². The molecule has 9 heteroatoms. The van der Waals surface area contributed by atoms with Crippen molar-refractivity contribution in [1.82, 2.24) is 0 Å². The molecule has 1 aliphatic carbocycles. The summed E-state index contributed by atoms with van der Waals surface area (Å²) in [4.78, 5) is 37.4. The smallest absolute Gasteiger partial charge is 0.415 e. The number of epoxide rings is 1. The van der Waals surface area contributed by atoms with Gasteiger partial charge in [0.2, 0.25) is 0 Å². The van der Waals surface area contributed by atoms with Crippen LogP contribution in [0.3, 0.4) is 0 Å². The number of ether oxygens (including phenoxy) is 3. The molecule has 0 aromatic heterocycles. The van der Waals surface area contributed by atoms with Crippen molar-refractivity contribution in [2.75, 3.05) is 4.90 Å². The Morgan fingerprint density at radius 2 is 1.83 bits per heavy atom. The molecule has 2 aromatic rings. The average Bonchev–Trinajstić information content (AvgIpc) is 3.60. The number of allylic oxidation sites excluding steroid dienone is 2. The number of fused-ring (bicyclic) bond motifs is 1. The first-order chi connectivity index (χ1) is 16.9. The van der Waals surface area contributed by atoms with Gasteiger partial charge in [0.05, 0.1) is 16.2 Å². The SMILES string of the molecule is CC(=O)O[C@@H]1C#C/C=C\C#C[C@H]2[C@@H]3O[C@@]13c1ccccc1N2C(=O)OCc1ccccc1[N+](=O)[O-]. The minimum atomic E-state index is -1.09. The fourth-order valence-electron chi connectivity index (χ4n) is 4.45. The van der Waals surface area contributed by atoms with Crippen LogP contribution in [0.2, 0.25) is 0 Å². The standard InChI is InChI=1S/C26H18N2O7/c1-17(29)34-23-15-5-3-2-4-14-22-24-26(23,35-24)19-11-7-9-13-21(19)27(22)25(30)33-16-18-10-6-8-12-20(18)28(31)32/h2-3,6-13,22-24H,16H2,1H3/b3-2-/t22-,23+,24-,26-/m0/s1. The predicted molar refractivity (Wildman–Crippen MR) is 123 cm³/mol. The third-order valence-electron chi connectivity index (χ3n) is 5.94. The van der Waals surface area contributed by atoms with Gasteiger partial charge in [0.25, 0.3) is 5.69 Å². The topological polar surface area (TPSA) is 112 Å². The van der Waals surface area contributed by atoms with E-state index < -0.39 is 40.8 Å². The number of carbonyl (C=O) groups is 2. The summed E-state index contributed by atoms with van der Waals surface area (Å²) < 4.78 is 17.2. The maximum atomic E-state index is 13.4. The number of amides is 1. The number of esters is 1. The Balaban J connectivity index is 1.53. The molecule has 2 aliphatic heterocycles. The highest BCUT2D eigenvalue weighted by molar-refractivity contribution is 5.92. The molecule has 2 bridgehead atoms. The van der Waals surface area contributed by atoms with Crippen LogP contribution in [-0.4, -0.2) is 35.2 Å². The molecule has 3 aliphatic rings. The van der Waals surface area contributed by atoms with Crippen molar-refractivity contribution in [3.05, 3.63) is 81.9 Å². The fraction of sp³-hybridized carbons (Fsp3) is 0.231. The van der Waals surface area contributed by atoms with Crippen molar-refractivity contribution in [3.8, 4) is 23.7 Å². The Morgan fingerprint density at radius 3 is 2.60 bits per heavy atom. The number of rotatable bonds is 4. The van der Waals surface area contributed by atoms with Crippen molar-refractivity contribution in [3.63, 3.8) is 0 Å². The quantitative estimate of drug-likeness (QED) is 0.222. The van der Waals surface area contributed by atoms with Crippen LogP contribution >= 0.6 is 0 Å². The van der Waals surface area contributed by atoms with E-state index in [1.807, 2.05) is 0 Å². The monoisotopic (exact) mass is 470 g/mol. The maximum absolute atomic E-state index is 13.4. The Labute approximate surface area is 200 Å². The minimum Gasteiger partial charge on any atom is -0.446 e. The van der Waals surface area contributed by atoms with Gasteiger partial charge in [0, 0.05) is 18.6 Å². The molecule has 35 heavy (non-hydrogen) atoms. The number of anilines is 1. The Kier molecular flexibility index (Phi) is 5.48. The molecule has 0 saturated carbocycles. The van der Waals surface area contributed by atoms with Crippen LogP contribution in [0, 0.1) is 33.8 Å². The summed E-state index contributed by atoms with van der Waals surface area (Å²) in [6, 6.07) is 12.3. The second kappa shape index (κ2) is 8.64. The summed E-state index contributed by atoms with van der Waals surface area (Å²) in [5.41, 5.74) is 0.107. The van der Waals surface area contributed by atoms with Crippen molar-refractivity contribution in [1.29, 1.82) is 0 Å². The van der Waals surface area contributed by atoms with Crippen LogP contribution in [0.1, 0.15) is 18.1 Å². The average molecular weight is 470 g/mol.